The van der Waals surface area contributed by atoms with Crippen LogP contribution in [0.3, 0.4) is 0 Å². The Morgan fingerprint density at radius 2 is 1.90 bits per heavy atom. The Morgan fingerprint density at radius 3 is 2.55 bits per heavy atom. The summed E-state index contributed by atoms with van der Waals surface area (Å²) in [6.07, 6.45) is 1.03. The number of carbonyl (C=O) groups excluding carboxylic acids is 1. The quantitative estimate of drug-likeness (QED) is 0.897. The lowest BCUT2D eigenvalue weighted by Crippen LogP contribution is -2.36. The fourth-order valence-electron chi connectivity index (χ4n) is 3.85. The maximum atomic E-state index is 12.5. The zero-order chi connectivity index (χ0) is 14.3. The van der Waals surface area contributed by atoms with Crippen molar-refractivity contribution in [3.8, 4) is 0 Å². The van der Waals surface area contributed by atoms with Gasteiger partial charge in [-0.25, -0.2) is 0 Å². The molecule has 20 heavy (non-hydrogen) atoms. The van der Waals surface area contributed by atoms with Crippen molar-refractivity contribution in [1.82, 2.24) is 10.2 Å². The highest BCUT2D eigenvalue weighted by atomic mass is 16.2. The first-order valence-corrected chi connectivity index (χ1v) is 7.64. The third kappa shape index (κ3) is 2.35. The molecule has 3 rings (SSSR count). The molecule has 108 valence electrons. The normalized spacial score (nSPS) is 33.1. The van der Waals surface area contributed by atoms with Gasteiger partial charge in [-0.15, -0.1) is 0 Å². The summed E-state index contributed by atoms with van der Waals surface area (Å²) >= 11 is 0. The predicted molar refractivity (Wildman–Crippen MR) is 80.5 cm³/mol. The first-order chi connectivity index (χ1) is 9.56. The minimum atomic E-state index is 0.142. The topological polar surface area (TPSA) is 32.3 Å². The van der Waals surface area contributed by atoms with Crippen LogP contribution < -0.4 is 5.32 Å². The van der Waals surface area contributed by atoms with E-state index in [0.717, 1.165) is 19.5 Å². The molecule has 1 aliphatic heterocycles. The summed E-state index contributed by atoms with van der Waals surface area (Å²) in [5.41, 5.74) is 2.71. The Hall–Kier alpha value is -1.35. The van der Waals surface area contributed by atoms with Crippen LogP contribution in [0.4, 0.5) is 0 Å². The Labute approximate surface area is 121 Å². The van der Waals surface area contributed by atoms with Gasteiger partial charge in [-0.1, -0.05) is 38.1 Å². The van der Waals surface area contributed by atoms with Crippen molar-refractivity contribution in [2.45, 2.75) is 32.2 Å². The monoisotopic (exact) mass is 272 g/mol. The van der Waals surface area contributed by atoms with Gasteiger partial charge in [0.1, 0.15) is 0 Å². The fraction of sp³-hybridized carbons (Fsp3) is 0.588. The predicted octanol–water partition coefficient (Wildman–Crippen LogP) is 2.55. The number of nitrogens with one attached hydrogen (secondary N) is 1. The number of rotatable bonds is 2. The molecule has 2 aliphatic rings. The maximum absolute atomic E-state index is 12.5. The first kappa shape index (κ1) is 13.6. The van der Waals surface area contributed by atoms with E-state index >= 15 is 0 Å². The average molecular weight is 272 g/mol. The Kier molecular flexibility index (Phi) is 3.55. The highest BCUT2D eigenvalue weighted by Gasteiger charge is 2.36. The fourth-order valence-corrected chi connectivity index (χ4v) is 3.85. The third-order valence-corrected chi connectivity index (χ3v) is 4.94. The molecule has 1 heterocycles. The van der Waals surface area contributed by atoms with Gasteiger partial charge in [0.25, 0.3) is 0 Å². The molecule has 1 N–H and O–H groups in total. The number of likely N-dealkylation sites (tertiary alicyclic amines) is 1. The van der Waals surface area contributed by atoms with Crippen molar-refractivity contribution < 1.29 is 4.79 Å². The summed E-state index contributed by atoms with van der Waals surface area (Å²) in [6.45, 7) is 6.34. The number of hydrogen-bond donors (Lipinski definition) is 1. The van der Waals surface area contributed by atoms with Crippen LogP contribution in [0.15, 0.2) is 24.3 Å². The van der Waals surface area contributed by atoms with Crippen molar-refractivity contribution in [3.63, 3.8) is 0 Å². The second-order valence-corrected chi connectivity index (χ2v) is 6.63. The molecule has 1 fully saturated rings. The van der Waals surface area contributed by atoms with E-state index in [1.165, 1.54) is 11.1 Å². The summed E-state index contributed by atoms with van der Waals surface area (Å²) < 4.78 is 0. The van der Waals surface area contributed by atoms with E-state index in [0.29, 0.717) is 11.8 Å². The molecular weight excluding hydrogens is 248 g/mol. The van der Waals surface area contributed by atoms with E-state index in [4.69, 9.17) is 0 Å². The Morgan fingerprint density at radius 1 is 1.20 bits per heavy atom. The van der Waals surface area contributed by atoms with E-state index in [2.05, 4.69) is 55.4 Å². The molecule has 0 bridgehead atoms. The zero-order valence-electron chi connectivity index (χ0n) is 12.6. The molecule has 1 aromatic rings. The van der Waals surface area contributed by atoms with Crippen LogP contribution in [0.25, 0.3) is 0 Å². The SMILES string of the molecule is CC1CC(NC(=O)C2CN(C)CC2C)c2ccccc21. The number of fused-ring (bicyclic) bond motifs is 1. The number of nitrogens with zero attached hydrogens (tertiary/aromatic N) is 1. The van der Waals surface area contributed by atoms with Crippen molar-refractivity contribution in [2.75, 3.05) is 20.1 Å². The molecule has 4 unspecified atom stereocenters. The zero-order valence-corrected chi connectivity index (χ0v) is 12.6. The molecule has 3 nitrogen and oxygen atoms in total. The third-order valence-electron chi connectivity index (χ3n) is 4.94. The van der Waals surface area contributed by atoms with Crippen LogP contribution in [0, 0.1) is 11.8 Å². The van der Waals surface area contributed by atoms with Crippen molar-refractivity contribution >= 4 is 5.91 Å². The van der Waals surface area contributed by atoms with Crippen LogP contribution in [0.5, 0.6) is 0 Å². The minimum Gasteiger partial charge on any atom is -0.349 e. The standard InChI is InChI=1S/C17H24N2O/c1-11-8-16(14-7-5-4-6-13(11)14)18-17(20)15-10-19(3)9-12(15)2/h4-7,11-12,15-16H,8-10H2,1-3H3,(H,18,20). The van der Waals surface area contributed by atoms with E-state index < -0.39 is 0 Å². The second kappa shape index (κ2) is 5.21. The summed E-state index contributed by atoms with van der Waals surface area (Å²) in [5, 5.41) is 3.29. The number of benzene rings is 1. The summed E-state index contributed by atoms with van der Waals surface area (Å²) in [7, 11) is 2.09. The van der Waals surface area contributed by atoms with Crippen molar-refractivity contribution in [2.24, 2.45) is 11.8 Å². The van der Waals surface area contributed by atoms with Gasteiger partial charge >= 0.3 is 0 Å². The molecule has 4 atom stereocenters. The van der Waals surface area contributed by atoms with Gasteiger partial charge in [-0.2, -0.15) is 0 Å². The molecule has 1 saturated heterocycles. The molecule has 1 aromatic carbocycles. The lowest BCUT2D eigenvalue weighted by Gasteiger charge is -2.19. The number of hydrogen-bond acceptors (Lipinski definition) is 2. The summed E-state index contributed by atoms with van der Waals surface area (Å²) in [5.74, 6) is 1.37. The average Bonchev–Trinajstić information content (AvgIpc) is 2.91. The van der Waals surface area contributed by atoms with Gasteiger partial charge in [-0.3, -0.25) is 4.79 Å². The Balaban J connectivity index is 1.72. The molecule has 0 aromatic heterocycles. The second-order valence-electron chi connectivity index (χ2n) is 6.63. The molecule has 1 aliphatic carbocycles. The smallest absolute Gasteiger partial charge is 0.225 e. The molecule has 0 spiro atoms. The Bertz CT molecular complexity index is 513. The summed E-state index contributed by atoms with van der Waals surface area (Å²) in [6, 6.07) is 8.72. The van der Waals surface area contributed by atoms with Crippen LogP contribution in [0.1, 0.15) is 43.4 Å². The molecule has 0 saturated carbocycles. The van der Waals surface area contributed by atoms with Crippen molar-refractivity contribution in [3.05, 3.63) is 35.4 Å². The number of amides is 1. The van der Waals surface area contributed by atoms with E-state index in [1.807, 2.05) is 0 Å². The van der Waals surface area contributed by atoms with Crippen LogP contribution in [-0.2, 0) is 4.79 Å². The van der Waals surface area contributed by atoms with Gasteiger partial charge < -0.3 is 10.2 Å². The van der Waals surface area contributed by atoms with Crippen LogP contribution >= 0.6 is 0 Å². The van der Waals surface area contributed by atoms with Gasteiger partial charge in [0.2, 0.25) is 5.91 Å². The summed E-state index contributed by atoms with van der Waals surface area (Å²) in [4.78, 5) is 14.8. The van der Waals surface area contributed by atoms with Gasteiger partial charge in [0, 0.05) is 13.1 Å². The van der Waals surface area contributed by atoms with Gasteiger partial charge in [-0.05, 0) is 36.4 Å². The van der Waals surface area contributed by atoms with Crippen molar-refractivity contribution in [1.29, 1.82) is 0 Å². The van der Waals surface area contributed by atoms with Gasteiger partial charge in [0.15, 0.2) is 0 Å². The largest absolute Gasteiger partial charge is 0.349 e. The van der Waals surface area contributed by atoms with Gasteiger partial charge in [0.05, 0.1) is 12.0 Å². The van der Waals surface area contributed by atoms with E-state index in [9.17, 15) is 4.79 Å². The molecule has 0 radical (unpaired) electrons. The molecular formula is C17H24N2O. The van der Waals surface area contributed by atoms with Crippen LogP contribution in [0.2, 0.25) is 0 Å². The first-order valence-electron chi connectivity index (χ1n) is 7.64. The lowest BCUT2D eigenvalue weighted by molar-refractivity contribution is -0.126. The van der Waals surface area contributed by atoms with Crippen LogP contribution in [-0.4, -0.2) is 30.9 Å². The number of carbonyl (C=O) groups is 1. The molecule has 3 heteroatoms. The highest BCUT2D eigenvalue weighted by Crippen LogP contribution is 2.40. The molecule has 1 amide bonds. The minimum absolute atomic E-state index is 0.142. The van der Waals surface area contributed by atoms with E-state index in [-0.39, 0.29) is 17.9 Å². The maximum Gasteiger partial charge on any atom is 0.225 e. The highest BCUT2D eigenvalue weighted by molar-refractivity contribution is 5.80. The lowest BCUT2D eigenvalue weighted by atomic mass is 9.96. The van der Waals surface area contributed by atoms with E-state index in [1.54, 1.807) is 0 Å².